The van der Waals surface area contributed by atoms with E-state index in [9.17, 15) is 0 Å². The van der Waals surface area contributed by atoms with Crippen molar-refractivity contribution in [3.05, 3.63) is 78.1 Å². The number of rotatable bonds is 6. The van der Waals surface area contributed by atoms with Crippen LogP contribution in [0.1, 0.15) is 18.1 Å². The second-order valence-corrected chi connectivity index (χ2v) is 6.92. The number of hydrogen-bond donors (Lipinski definition) is 2. The van der Waals surface area contributed by atoms with E-state index in [2.05, 4.69) is 73.3 Å². The first-order valence-corrected chi connectivity index (χ1v) is 9.81. The molecule has 8 nitrogen and oxygen atoms in total. The number of anilines is 1. The average molecular weight is 396 g/mol. The molecule has 30 heavy (non-hydrogen) atoms. The van der Waals surface area contributed by atoms with Gasteiger partial charge in [0.05, 0.1) is 6.20 Å². The third-order valence-corrected chi connectivity index (χ3v) is 5.11. The Morgan fingerprint density at radius 1 is 1.00 bits per heavy atom. The highest BCUT2D eigenvalue weighted by atomic mass is 15.5. The molecule has 0 fully saturated rings. The van der Waals surface area contributed by atoms with E-state index in [0.717, 1.165) is 40.1 Å². The zero-order valence-corrected chi connectivity index (χ0v) is 16.4. The van der Waals surface area contributed by atoms with Crippen LogP contribution in [0.2, 0.25) is 0 Å². The number of aromatic nitrogens is 7. The zero-order valence-electron chi connectivity index (χ0n) is 16.4. The van der Waals surface area contributed by atoms with E-state index in [-0.39, 0.29) is 0 Å². The molecule has 148 valence electrons. The van der Waals surface area contributed by atoms with Crippen LogP contribution in [-0.4, -0.2) is 35.2 Å². The molecule has 0 radical (unpaired) electrons. The minimum Gasteiger partial charge on any atom is -0.366 e. The van der Waals surface area contributed by atoms with Crippen LogP contribution in [0.25, 0.3) is 28.2 Å². The molecule has 0 bridgehead atoms. The van der Waals surface area contributed by atoms with Crippen molar-refractivity contribution in [2.75, 3.05) is 5.32 Å². The van der Waals surface area contributed by atoms with Crippen molar-refractivity contribution in [1.82, 2.24) is 35.2 Å². The van der Waals surface area contributed by atoms with Crippen LogP contribution in [0.5, 0.6) is 0 Å². The number of tetrazole rings is 1. The first kappa shape index (κ1) is 18.0. The highest BCUT2D eigenvalue weighted by molar-refractivity contribution is 5.80. The number of aryl methyl sites for hydroxylation is 1. The van der Waals surface area contributed by atoms with E-state index in [1.807, 2.05) is 35.0 Å². The van der Waals surface area contributed by atoms with Gasteiger partial charge in [-0.3, -0.25) is 0 Å². The Morgan fingerprint density at radius 3 is 2.60 bits per heavy atom. The molecule has 5 rings (SSSR count). The third kappa shape index (κ3) is 3.28. The molecule has 5 aromatic rings. The summed E-state index contributed by atoms with van der Waals surface area (Å²) in [6.45, 7) is 2.81. The van der Waals surface area contributed by atoms with Gasteiger partial charge in [0.15, 0.2) is 5.65 Å². The van der Waals surface area contributed by atoms with Gasteiger partial charge in [-0.1, -0.05) is 55.5 Å². The molecule has 0 amide bonds. The van der Waals surface area contributed by atoms with Crippen LogP contribution in [0.3, 0.4) is 0 Å². The molecule has 2 aromatic carbocycles. The van der Waals surface area contributed by atoms with Crippen molar-refractivity contribution in [3.8, 4) is 22.5 Å². The smallest absolute Gasteiger partial charge is 0.205 e. The maximum absolute atomic E-state index is 4.45. The van der Waals surface area contributed by atoms with Gasteiger partial charge in [0.1, 0.15) is 5.82 Å². The number of nitrogens with one attached hydrogen (secondary N) is 2. The van der Waals surface area contributed by atoms with Crippen molar-refractivity contribution < 1.29 is 0 Å². The summed E-state index contributed by atoms with van der Waals surface area (Å²) in [4.78, 5) is 4.45. The number of fused-ring (bicyclic) bond motifs is 1. The minimum atomic E-state index is 0.587. The second-order valence-electron chi connectivity index (χ2n) is 6.92. The molecule has 0 aliphatic rings. The molecule has 2 N–H and O–H groups in total. The lowest BCUT2D eigenvalue weighted by atomic mass is 9.98. The van der Waals surface area contributed by atoms with E-state index >= 15 is 0 Å². The van der Waals surface area contributed by atoms with Crippen LogP contribution in [0.15, 0.2) is 67.0 Å². The van der Waals surface area contributed by atoms with Gasteiger partial charge in [-0.05, 0) is 28.3 Å². The van der Waals surface area contributed by atoms with Crippen LogP contribution >= 0.6 is 0 Å². The van der Waals surface area contributed by atoms with Crippen molar-refractivity contribution in [2.45, 2.75) is 19.9 Å². The van der Waals surface area contributed by atoms with E-state index < -0.39 is 0 Å². The molecule has 0 atom stereocenters. The second kappa shape index (κ2) is 7.75. The summed E-state index contributed by atoms with van der Waals surface area (Å²) in [5.41, 5.74) is 6.27. The Labute approximate surface area is 173 Å². The zero-order chi connectivity index (χ0) is 20.3. The summed E-state index contributed by atoms with van der Waals surface area (Å²) in [6.07, 6.45) is 4.57. The summed E-state index contributed by atoms with van der Waals surface area (Å²) in [6, 6.07) is 18.5. The predicted molar refractivity (Wildman–Crippen MR) is 115 cm³/mol. The highest BCUT2D eigenvalue weighted by Crippen LogP contribution is 2.29. The summed E-state index contributed by atoms with van der Waals surface area (Å²) < 4.78 is 1.86. The molecule has 3 heterocycles. The van der Waals surface area contributed by atoms with Crippen molar-refractivity contribution in [2.24, 2.45) is 0 Å². The Hall–Kier alpha value is -4.07. The monoisotopic (exact) mass is 396 g/mol. The van der Waals surface area contributed by atoms with Crippen LogP contribution in [0.4, 0.5) is 5.82 Å². The first-order valence-electron chi connectivity index (χ1n) is 9.81. The number of aromatic amines is 1. The highest BCUT2D eigenvalue weighted by Gasteiger charge is 2.11. The summed E-state index contributed by atoms with van der Waals surface area (Å²) in [7, 11) is 0. The lowest BCUT2D eigenvalue weighted by Gasteiger charge is -2.13. The largest absolute Gasteiger partial charge is 0.366 e. The third-order valence-electron chi connectivity index (χ3n) is 5.11. The Kier molecular flexibility index (Phi) is 4.65. The molecule has 0 aliphatic carbocycles. The molecular formula is C22H20N8. The SMILES string of the molecule is CCc1cnc2ccnn2c1NCc1ccc(-c2ccccc2-c2nn[nH]n2)cc1. The number of hydrogen-bond acceptors (Lipinski definition) is 6. The standard InChI is InChI=1S/C22H20N8/c1-2-16-14-23-20-11-12-25-30(20)22(16)24-13-15-7-9-17(10-8-15)18-5-3-4-6-19(18)21-26-28-29-27-21/h3-12,14,24H,2,13H2,1H3,(H,26,27,28,29). The van der Waals surface area contributed by atoms with E-state index in [0.29, 0.717) is 12.4 Å². The van der Waals surface area contributed by atoms with Gasteiger partial charge in [-0.25, -0.2) is 4.98 Å². The topological polar surface area (TPSA) is 96.7 Å². The quantitative estimate of drug-likeness (QED) is 0.454. The summed E-state index contributed by atoms with van der Waals surface area (Å²) in [5.74, 6) is 1.57. The fourth-order valence-electron chi connectivity index (χ4n) is 3.55. The molecule has 3 aromatic heterocycles. The normalized spacial score (nSPS) is 11.1. The van der Waals surface area contributed by atoms with Gasteiger partial charge in [-0.2, -0.15) is 14.8 Å². The Morgan fingerprint density at radius 2 is 1.83 bits per heavy atom. The molecular weight excluding hydrogens is 376 g/mol. The first-order chi connectivity index (χ1) is 14.8. The predicted octanol–water partition coefficient (Wildman–Crippen LogP) is 3.75. The molecule has 0 saturated heterocycles. The van der Waals surface area contributed by atoms with E-state index in [4.69, 9.17) is 0 Å². The van der Waals surface area contributed by atoms with Crippen molar-refractivity contribution >= 4 is 11.5 Å². The average Bonchev–Trinajstić information content (AvgIpc) is 3.50. The molecule has 0 unspecified atom stereocenters. The maximum Gasteiger partial charge on any atom is 0.205 e. The van der Waals surface area contributed by atoms with Gasteiger partial charge >= 0.3 is 0 Å². The molecule has 8 heteroatoms. The van der Waals surface area contributed by atoms with Crippen LogP contribution in [-0.2, 0) is 13.0 Å². The Balaban J connectivity index is 1.39. The minimum absolute atomic E-state index is 0.587. The number of nitrogens with zero attached hydrogens (tertiary/aromatic N) is 6. The van der Waals surface area contributed by atoms with Crippen LogP contribution < -0.4 is 5.32 Å². The van der Waals surface area contributed by atoms with E-state index in [1.54, 1.807) is 6.20 Å². The van der Waals surface area contributed by atoms with E-state index in [1.165, 1.54) is 5.56 Å². The maximum atomic E-state index is 4.45. The van der Waals surface area contributed by atoms with Gasteiger partial charge < -0.3 is 5.32 Å². The summed E-state index contributed by atoms with van der Waals surface area (Å²) >= 11 is 0. The van der Waals surface area contributed by atoms with Gasteiger partial charge in [0.25, 0.3) is 0 Å². The molecule has 0 spiro atoms. The van der Waals surface area contributed by atoms with Crippen LogP contribution in [0, 0.1) is 0 Å². The van der Waals surface area contributed by atoms with Gasteiger partial charge in [-0.15, -0.1) is 10.2 Å². The number of benzene rings is 2. The molecule has 0 saturated carbocycles. The number of H-pyrrole nitrogens is 1. The lowest BCUT2D eigenvalue weighted by molar-refractivity contribution is 0.881. The fourth-order valence-corrected chi connectivity index (χ4v) is 3.55. The van der Waals surface area contributed by atoms with Gasteiger partial charge in [0.2, 0.25) is 5.82 Å². The Bertz CT molecular complexity index is 1270. The fraction of sp³-hybridized carbons (Fsp3) is 0.136. The summed E-state index contributed by atoms with van der Waals surface area (Å²) in [5, 5.41) is 22.4. The van der Waals surface area contributed by atoms with Crippen molar-refractivity contribution in [1.29, 1.82) is 0 Å². The lowest BCUT2D eigenvalue weighted by Crippen LogP contribution is -2.09. The molecule has 0 aliphatic heterocycles. The van der Waals surface area contributed by atoms with Gasteiger partial charge in [0, 0.05) is 29.9 Å². The van der Waals surface area contributed by atoms with Crippen molar-refractivity contribution in [3.63, 3.8) is 0 Å².